The van der Waals surface area contributed by atoms with E-state index in [9.17, 15) is 14.0 Å². The third-order valence-electron chi connectivity index (χ3n) is 4.55. The minimum Gasteiger partial charge on any atom is -0.385 e. The van der Waals surface area contributed by atoms with Crippen molar-refractivity contribution < 1.29 is 18.7 Å². The second-order valence-electron chi connectivity index (χ2n) is 6.85. The first-order chi connectivity index (χ1) is 14.1. The van der Waals surface area contributed by atoms with E-state index in [1.807, 2.05) is 37.3 Å². The molecule has 156 valence electrons. The molecule has 1 N–H and O–H groups in total. The second kappa shape index (κ2) is 12.0. The van der Waals surface area contributed by atoms with Gasteiger partial charge in [-0.2, -0.15) is 0 Å². The van der Waals surface area contributed by atoms with Gasteiger partial charge in [0, 0.05) is 33.2 Å². The average Bonchev–Trinajstić information content (AvgIpc) is 2.73. The molecule has 0 spiro atoms. The van der Waals surface area contributed by atoms with Gasteiger partial charge in [-0.05, 0) is 36.1 Å². The van der Waals surface area contributed by atoms with Gasteiger partial charge in [0.05, 0.1) is 0 Å². The minimum absolute atomic E-state index is 0.113. The lowest BCUT2D eigenvalue weighted by atomic mass is 10.0. The van der Waals surface area contributed by atoms with Crippen molar-refractivity contribution in [2.24, 2.45) is 0 Å². The molecule has 0 radical (unpaired) electrons. The summed E-state index contributed by atoms with van der Waals surface area (Å²) in [6, 6.07) is 14.5. The summed E-state index contributed by atoms with van der Waals surface area (Å²) in [4.78, 5) is 27.6. The molecule has 0 saturated carbocycles. The molecule has 0 fully saturated rings. The molecular formula is C23H29FN2O3. The molecule has 0 aliphatic rings. The molecule has 0 unspecified atom stereocenters. The van der Waals surface area contributed by atoms with Crippen LogP contribution in [0, 0.1) is 5.82 Å². The quantitative estimate of drug-likeness (QED) is 0.583. The van der Waals surface area contributed by atoms with Gasteiger partial charge < -0.3 is 15.0 Å². The number of nitrogens with one attached hydrogen (secondary N) is 1. The molecule has 0 saturated heterocycles. The Labute approximate surface area is 171 Å². The maximum absolute atomic E-state index is 13.3. The molecule has 29 heavy (non-hydrogen) atoms. The monoisotopic (exact) mass is 400 g/mol. The summed E-state index contributed by atoms with van der Waals surface area (Å²) in [6.07, 6.45) is 1.70. The summed E-state index contributed by atoms with van der Waals surface area (Å²) in [5.41, 5.74) is 1.51. The Morgan fingerprint density at radius 2 is 1.79 bits per heavy atom. The number of carbonyl (C=O) groups excluding carboxylic acids is 2. The lowest BCUT2D eigenvalue weighted by Crippen LogP contribution is -2.43. The summed E-state index contributed by atoms with van der Waals surface area (Å²) in [5, 5.41) is 2.92. The van der Waals surface area contributed by atoms with Crippen LogP contribution in [-0.2, 0) is 20.9 Å². The molecule has 0 aromatic heterocycles. The molecule has 0 aliphatic heterocycles. The lowest BCUT2D eigenvalue weighted by Gasteiger charge is -2.31. The highest BCUT2D eigenvalue weighted by Gasteiger charge is 2.30. The van der Waals surface area contributed by atoms with Gasteiger partial charge in [0.25, 0.3) is 0 Å². The first-order valence-electron chi connectivity index (χ1n) is 9.92. The number of rotatable bonds is 11. The first-order valence-corrected chi connectivity index (χ1v) is 9.92. The summed E-state index contributed by atoms with van der Waals surface area (Å²) in [5.74, 6) is -0.688. The van der Waals surface area contributed by atoms with Crippen molar-refractivity contribution >= 4 is 11.8 Å². The number of methoxy groups -OCH3 is 1. The van der Waals surface area contributed by atoms with Gasteiger partial charge in [-0.25, -0.2) is 4.39 Å². The zero-order valence-corrected chi connectivity index (χ0v) is 17.1. The van der Waals surface area contributed by atoms with Gasteiger partial charge in [-0.1, -0.05) is 49.4 Å². The molecule has 0 heterocycles. The van der Waals surface area contributed by atoms with Crippen molar-refractivity contribution in [1.82, 2.24) is 10.2 Å². The standard InChI is InChI=1S/C23H29FN2O3/c1-3-8-21(27)26(17-18-11-13-20(24)14-12-18)22(19-9-5-4-6-10-19)23(28)25-15-7-16-29-2/h4-6,9-14,22H,3,7-8,15-17H2,1-2H3,(H,25,28)/t22-/m0/s1. The SMILES string of the molecule is CCCC(=O)N(Cc1ccc(F)cc1)[C@H](C(=O)NCCCOC)c1ccccc1. The average molecular weight is 400 g/mol. The van der Waals surface area contributed by atoms with Crippen LogP contribution >= 0.6 is 0 Å². The summed E-state index contributed by atoms with van der Waals surface area (Å²) < 4.78 is 18.3. The molecule has 0 aliphatic carbocycles. The van der Waals surface area contributed by atoms with Crippen LogP contribution in [0.4, 0.5) is 4.39 Å². The van der Waals surface area contributed by atoms with Crippen LogP contribution in [0.1, 0.15) is 43.4 Å². The van der Waals surface area contributed by atoms with E-state index in [2.05, 4.69) is 5.32 Å². The van der Waals surface area contributed by atoms with Gasteiger partial charge in [0.1, 0.15) is 11.9 Å². The van der Waals surface area contributed by atoms with Crippen molar-refractivity contribution in [3.63, 3.8) is 0 Å². The van der Waals surface area contributed by atoms with E-state index in [4.69, 9.17) is 4.74 Å². The van der Waals surface area contributed by atoms with Gasteiger partial charge in [0.2, 0.25) is 11.8 Å². The van der Waals surface area contributed by atoms with Crippen molar-refractivity contribution in [2.45, 2.75) is 38.8 Å². The van der Waals surface area contributed by atoms with Crippen LogP contribution in [0.15, 0.2) is 54.6 Å². The number of hydrogen-bond acceptors (Lipinski definition) is 3. The van der Waals surface area contributed by atoms with Crippen LogP contribution in [0.5, 0.6) is 0 Å². The number of nitrogens with zero attached hydrogens (tertiary/aromatic N) is 1. The fraction of sp³-hybridized carbons (Fsp3) is 0.391. The predicted molar refractivity (Wildman–Crippen MR) is 111 cm³/mol. The highest BCUT2D eigenvalue weighted by Crippen LogP contribution is 2.25. The van der Waals surface area contributed by atoms with E-state index in [0.29, 0.717) is 32.4 Å². The smallest absolute Gasteiger partial charge is 0.247 e. The molecule has 5 nitrogen and oxygen atoms in total. The van der Waals surface area contributed by atoms with Crippen molar-refractivity contribution in [3.05, 3.63) is 71.5 Å². The van der Waals surface area contributed by atoms with E-state index < -0.39 is 6.04 Å². The number of amides is 2. The van der Waals surface area contributed by atoms with Crippen LogP contribution in [0.25, 0.3) is 0 Å². The lowest BCUT2D eigenvalue weighted by molar-refractivity contribution is -0.141. The molecule has 6 heteroatoms. The van der Waals surface area contributed by atoms with E-state index in [-0.39, 0.29) is 24.2 Å². The molecule has 0 bridgehead atoms. The van der Waals surface area contributed by atoms with Gasteiger partial charge >= 0.3 is 0 Å². The highest BCUT2D eigenvalue weighted by atomic mass is 19.1. The zero-order valence-electron chi connectivity index (χ0n) is 17.1. The number of hydrogen-bond donors (Lipinski definition) is 1. The number of benzene rings is 2. The Morgan fingerprint density at radius 1 is 1.10 bits per heavy atom. The number of ether oxygens (including phenoxy) is 1. The summed E-state index contributed by atoms with van der Waals surface area (Å²) >= 11 is 0. The molecule has 2 aromatic carbocycles. The van der Waals surface area contributed by atoms with Crippen molar-refractivity contribution in [1.29, 1.82) is 0 Å². The second-order valence-corrected chi connectivity index (χ2v) is 6.85. The van der Waals surface area contributed by atoms with Crippen LogP contribution in [0.3, 0.4) is 0 Å². The third kappa shape index (κ3) is 6.98. The Hall–Kier alpha value is -2.73. The van der Waals surface area contributed by atoms with Crippen LogP contribution in [0.2, 0.25) is 0 Å². The number of carbonyl (C=O) groups is 2. The fourth-order valence-corrected chi connectivity index (χ4v) is 3.10. The molecule has 2 rings (SSSR count). The zero-order chi connectivity index (χ0) is 21.1. The molecule has 2 amide bonds. The Morgan fingerprint density at radius 3 is 2.41 bits per heavy atom. The van der Waals surface area contributed by atoms with Gasteiger partial charge in [-0.15, -0.1) is 0 Å². The predicted octanol–water partition coefficient (Wildman–Crippen LogP) is 3.85. The fourth-order valence-electron chi connectivity index (χ4n) is 3.10. The van der Waals surface area contributed by atoms with Crippen LogP contribution in [-0.4, -0.2) is 37.0 Å². The van der Waals surface area contributed by atoms with E-state index >= 15 is 0 Å². The number of halogens is 1. The Bertz CT molecular complexity index is 765. The highest BCUT2D eigenvalue weighted by molar-refractivity contribution is 5.88. The maximum atomic E-state index is 13.3. The first kappa shape index (κ1) is 22.6. The van der Waals surface area contributed by atoms with E-state index in [1.165, 1.54) is 12.1 Å². The van der Waals surface area contributed by atoms with Crippen molar-refractivity contribution in [2.75, 3.05) is 20.3 Å². The van der Waals surface area contributed by atoms with Crippen molar-refractivity contribution in [3.8, 4) is 0 Å². The summed E-state index contributed by atoms with van der Waals surface area (Å²) in [7, 11) is 1.61. The molecule has 1 atom stereocenters. The largest absolute Gasteiger partial charge is 0.385 e. The topological polar surface area (TPSA) is 58.6 Å². The van der Waals surface area contributed by atoms with E-state index in [1.54, 1.807) is 24.1 Å². The minimum atomic E-state index is -0.761. The molecule has 2 aromatic rings. The van der Waals surface area contributed by atoms with Gasteiger partial charge in [-0.3, -0.25) is 9.59 Å². The summed E-state index contributed by atoms with van der Waals surface area (Å²) in [6.45, 7) is 3.16. The maximum Gasteiger partial charge on any atom is 0.247 e. The molecular weight excluding hydrogens is 371 g/mol. The Kier molecular flexibility index (Phi) is 9.31. The normalized spacial score (nSPS) is 11.7. The third-order valence-corrected chi connectivity index (χ3v) is 4.55. The Balaban J connectivity index is 2.32. The van der Waals surface area contributed by atoms with Gasteiger partial charge in [0.15, 0.2) is 0 Å². The van der Waals surface area contributed by atoms with Crippen LogP contribution < -0.4 is 5.32 Å². The van der Waals surface area contributed by atoms with E-state index in [0.717, 1.165) is 11.1 Å².